The Bertz CT molecular complexity index is 525. The maximum atomic E-state index is 12.5. The van der Waals surface area contributed by atoms with Gasteiger partial charge in [0.05, 0.1) is 21.7 Å². The fraction of sp³-hybridized carbons (Fsp3) is 0.571. The van der Waals surface area contributed by atoms with Gasteiger partial charge in [-0.25, -0.2) is 0 Å². The summed E-state index contributed by atoms with van der Waals surface area (Å²) in [4.78, 5) is 24.5. The first-order valence-corrected chi connectivity index (χ1v) is 8.40. The van der Waals surface area contributed by atoms with Crippen molar-refractivity contribution in [3.8, 4) is 0 Å². The summed E-state index contributed by atoms with van der Waals surface area (Å²) in [6, 6.07) is 3.82. The lowest BCUT2D eigenvalue weighted by Crippen LogP contribution is -2.54. The molecular weight excluding hydrogens is 358 g/mol. The van der Waals surface area contributed by atoms with Gasteiger partial charge in [0.15, 0.2) is 0 Å². The molecule has 1 unspecified atom stereocenters. The molecule has 116 valence electrons. The zero-order chi connectivity index (χ0) is 15.5. The van der Waals surface area contributed by atoms with Crippen LogP contribution >= 0.6 is 27.3 Å². The molecular formula is C14H18BrNO4S. The molecule has 0 aromatic carbocycles. The zero-order valence-corrected chi connectivity index (χ0v) is 14.1. The van der Waals surface area contributed by atoms with Gasteiger partial charge >= 0.3 is 5.97 Å². The molecule has 0 radical (unpaired) electrons. The molecule has 0 bridgehead atoms. The molecule has 0 aliphatic carbocycles. The summed E-state index contributed by atoms with van der Waals surface area (Å²) in [6.07, 6.45) is 1.00. The number of aliphatic carboxylic acids is 1. The van der Waals surface area contributed by atoms with Crippen LogP contribution in [0, 0.1) is 0 Å². The predicted octanol–water partition coefficient (Wildman–Crippen LogP) is 2.75. The van der Waals surface area contributed by atoms with Crippen LogP contribution < -0.4 is 5.32 Å². The normalized spacial score (nSPS) is 19.0. The van der Waals surface area contributed by atoms with Gasteiger partial charge in [0, 0.05) is 18.1 Å². The lowest BCUT2D eigenvalue weighted by Gasteiger charge is -2.37. The van der Waals surface area contributed by atoms with Crippen LogP contribution in [0.25, 0.3) is 0 Å². The SMILES string of the molecule is CC(C(=O)NC1(CC(=O)O)CCOCC1)c1ccc(Br)s1. The van der Waals surface area contributed by atoms with Crippen LogP contribution in [-0.4, -0.2) is 35.7 Å². The van der Waals surface area contributed by atoms with E-state index in [1.165, 1.54) is 11.3 Å². The lowest BCUT2D eigenvalue weighted by molar-refractivity contribution is -0.140. The molecule has 2 heterocycles. The number of amides is 1. The molecule has 1 atom stereocenters. The smallest absolute Gasteiger partial charge is 0.305 e. The maximum absolute atomic E-state index is 12.5. The van der Waals surface area contributed by atoms with Crippen LogP contribution in [0.1, 0.15) is 37.0 Å². The van der Waals surface area contributed by atoms with E-state index in [-0.39, 0.29) is 18.2 Å². The Kier molecular flexibility index (Phi) is 5.40. The van der Waals surface area contributed by atoms with Gasteiger partial charge in [-0.05, 0) is 47.8 Å². The molecule has 1 aliphatic heterocycles. The van der Waals surface area contributed by atoms with E-state index in [2.05, 4.69) is 21.2 Å². The number of rotatable bonds is 5. The fourth-order valence-electron chi connectivity index (χ4n) is 2.46. The van der Waals surface area contributed by atoms with Crippen molar-refractivity contribution in [3.63, 3.8) is 0 Å². The van der Waals surface area contributed by atoms with Gasteiger partial charge in [0.25, 0.3) is 0 Å². The van der Waals surface area contributed by atoms with Gasteiger partial charge in [-0.2, -0.15) is 0 Å². The second kappa shape index (κ2) is 6.89. The van der Waals surface area contributed by atoms with Crippen LogP contribution in [-0.2, 0) is 14.3 Å². The van der Waals surface area contributed by atoms with Crippen molar-refractivity contribution in [1.82, 2.24) is 5.32 Å². The van der Waals surface area contributed by atoms with E-state index in [0.29, 0.717) is 26.1 Å². The summed E-state index contributed by atoms with van der Waals surface area (Å²) in [5.41, 5.74) is -0.691. The first-order valence-electron chi connectivity index (χ1n) is 6.79. The minimum atomic E-state index is -0.899. The highest BCUT2D eigenvalue weighted by atomic mass is 79.9. The van der Waals surface area contributed by atoms with E-state index in [4.69, 9.17) is 9.84 Å². The third-order valence-electron chi connectivity index (χ3n) is 3.74. The van der Waals surface area contributed by atoms with Crippen LogP contribution in [0.4, 0.5) is 0 Å². The number of carbonyl (C=O) groups excluding carboxylic acids is 1. The highest BCUT2D eigenvalue weighted by molar-refractivity contribution is 9.11. The predicted molar refractivity (Wildman–Crippen MR) is 83.6 cm³/mol. The molecule has 1 aromatic rings. The zero-order valence-electron chi connectivity index (χ0n) is 11.7. The second-order valence-electron chi connectivity index (χ2n) is 5.32. The lowest BCUT2D eigenvalue weighted by atomic mass is 9.86. The molecule has 1 saturated heterocycles. The van der Waals surface area contributed by atoms with Crippen molar-refractivity contribution < 1.29 is 19.4 Å². The summed E-state index contributed by atoms with van der Waals surface area (Å²) < 4.78 is 6.26. The summed E-state index contributed by atoms with van der Waals surface area (Å²) >= 11 is 4.90. The van der Waals surface area contributed by atoms with Crippen molar-refractivity contribution in [1.29, 1.82) is 0 Å². The van der Waals surface area contributed by atoms with E-state index in [1.54, 1.807) is 0 Å². The highest BCUT2D eigenvalue weighted by Crippen LogP contribution is 2.30. The van der Waals surface area contributed by atoms with Gasteiger partial charge in [-0.1, -0.05) is 0 Å². The van der Waals surface area contributed by atoms with Crippen LogP contribution in [0.3, 0.4) is 0 Å². The molecule has 21 heavy (non-hydrogen) atoms. The number of carboxylic acids is 1. The number of nitrogens with one attached hydrogen (secondary N) is 1. The third kappa shape index (κ3) is 4.28. The number of thiophene rings is 1. The quantitative estimate of drug-likeness (QED) is 0.829. The van der Waals surface area contributed by atoms with Gasteiger partial charge in [0.1, 0.15) is 0 Å². The number of carboxylic acid groups (broad SMARTS) is 1. The van der Waals surface area contributed by atoms with Crippen molar-refractivity contribution in [3.05, 3.63) is 20.8 Å². The topological polar surface area (TPSA) is 75.6 Å². The van der Waals surface area contributed by atoms with Crippen LogP contribution in [0.2, 0.25) is 0 Å². The largest absolute Gasteiger partial charge is 0.481 e. The number of hydrogen-bond acceptors (Lipinski definition) is 4. The van der Waals surface area contributed by atoms with Crippen LogP contribution in [0.15, 0.2) is 15.9 Å². The van der Waals surface area contributed by atoms with Crippen molar-refractivity contribution in [2.75, 3.05) is 13.2 Å². The molecule has 2 N–H and O–H groups in total. The first kappa shape index (κ1) is 16.5. The van der Waals surface area contributed by atoms with E-state index in [0.717, 1.165) is 8.66 Å². The molecule has 1 aliphatic rings. The summed E-state index contributed by atoms with van der Waals surface area (Å²) in [6.45, 7) is 2.79. The minimum Gasteiger partial charge on any atom is -0.481 e. The molecule has 5 nitrogen and oxygen atoms in total. The number of carbonyl (C=O) groups is 2. The maximum Gasteiger partial charge on any atom is 0.305 e. The minimum absolute atomic E-state index is 0.0665. The molecule has 1 aromatic heterocycles. The summed E-state index contributed by atoms with van der Waals surface area (Å²) in [7, 11) is 0. The number of ether oxygens (including phenoxy) is 1. The van der Waals surface area contributed by atoms with E-state index >= 15 is 0 Å². The number of hydrogen-bond donors (Lipinski definition) is 2. The Balaban J connectivity index is 2.08. The number of halogens is 1. The Morgan fingerprint density at radius 2 is 2.14 bits per heavy atom. The first-order chi connectivity index (χ1) is 9.92. The van der Waals surface area contributed by atoms with E-state index < -0.39 is 11.5 Å². The Labute approximate surface area is 135 Å². The molecule has 7 heteroatoms. The second-order valence-corrected chi connectivity index (χ2v) is 7.81. The van der Waals surface area contributed by atoms with Crippen molar-refractivity contribution in [2.45, 2.75) is 37.6 Å². The fourth-order valence-corrected chi connectivity index (χ4v) is 3.93. The summed E-state index contributed by atoms with van der Waals surface area (Å²) in [5.74, 6) is -1.33. The van der Waals surface area contributed by atoms with E-state index in [1.807, 2.05) is 19.1 Å². The molecule has 2 rings (SSSR count). The van der Waals surface area contributed by atoms with Gasteiger partial charge in [-0.3, -0.25) is 9.59 Å². The van der Waals surface area contributed by atoms with Crippen molar-refractivity contribution in [2.24, 2.45) is 0 Å². The van der Waals surface area contributed by atoms with Crippen LogP contribution in [0.5, 0.6) is 0 Å². The average Bonchev–Trinajstić information content (AvgIpc) is 2.84. The Morgan fingerprint density at radius 1 is 1.48 bits per heavy atom. The Hall–Kier alpha value is -0.920. The standard InChI is InChI=1S/C14H18BrNO4S/c1-9(10-2-3-11(15)21-10)13(19)16-14(8-12(17)18)4-6-20-7-5-14/h2-3,9H,4-8H2,1H3,(H,16,19)(H,17,18). The highest BCUT2D eigenvalue weighted by Gasteiger charge is 2.37. The molecule has 0 saturated carbocycles. The Morgan fingerprint density at radius 3 is 2.67 bits per heavy atom. The molecule has 1 fully saturated rings. The molecule has 0 spiro atoms. The van der Waals surface area contributed by atoms with Gasteiger partial charge in [0.2, 0.25) is 5.91 Å². The van der Waals surface area contributed by atoms with Gasteiger partial charge in [-0.15, -0.1) is 11.3 Å². The van der Waals surface area contributed by atoms with Gasteiger partial charge < -0.3 is 15.2 Å². The van der Waals surface area contributed by atoms with Crippen molar-refractivity contribution >= 4 is 39.1 Å². The summed E-state index contributed by atoms with van der Waals surface area (Å²) in [5, 5.41) is 12.1. The monoisotopic (exact) mass is 375 g/mol. The third-order valence-corrected chi connectivity index (χ3v) is 5.55. The van der Waals surface area contributed by atoms with E-state index in [9.17, 15) is 9.59 Å². The average molecular weight is 376 g/mol. The molecule has 1 amide bonds.